The molecule has 1 aliphatic rings. The van der Waals surface area contributed by atoms with Gasteiger partial charge in [0.05, 0.1) is 22.2 Å². The number of likely N-dealkylation sites (tertiary alicyclic amines) is 1. The predicted octanol–water partition coefficient (Wildman–Crippen LogP) is 7.28. The Morgan fingerprint density at radius 2 is 1.56 bits per heavy atom. The second kappa shape index (κ2) is 10.3. The van der Waals surface area contributed by atoms with Crippen molar-refractivity contribution in [3.8, 4) is 0 Å². The highest BCUT2D eigenvalue weighted by Gasteiger charge is 2.39. The van der Waals surface area contributed by atoms with Crippen LogP contribution >= 0.6 is 0 Å². The third-order valence-electron chi connectivity index (χ3n) is 7.17. The van der Waals surface area contributed by atoms with Gasteiger partial charge in [-0.3, -0.25) is 9.78 Å². The van der Waals surface area contributed by atoms with Crippen LogP contribution in [0.25, 0.3) is 10.9 Å². The number of pyridine rings is 1. The summed E-state index contributed by atoms with van der Waals surface area (Å²) in [7, 11) is 0. The summed E-state index contributed by atoms with van der Waals surface area (Å²) in [6, 6.07) is 13.6. The average Bonchev–Trinajstić information content (AvgIpc) is 2.92. The van der Waals surface area contributed by atoms with Gasteiger partial charge in [-0.1, -0.05) is 12.1 Å². The molecule has 0 unspecified atom stereocenters. The molecule has 5 nitrogen and oxygen atoms in total. The van der Waals surface area contributed by atoms with Gasteiger partial charge in [0.25, 0.3) is 5.91 Å². The van der Waals surface area contributed by atoms with E-state index in [-0.39, 0.29) is 42.9 Å². The number of nitrogens with one attached hydrogen (secondary N) is 1. The Kier molecular flexibility index (Phi) is 7.14. The van der Waals surface area contributed by atoms with Gasteiger partial charge in [-0.05, 0) is 73.0 Å². The number of piperidine rings is 1. The molecular weight excluding hydrogens is 555 g/mol. The van der Waals surface area contributed by atoms with E-state index in [1.807, 2.05) is 0 Å². The fourth-order valence-electron chi connectivity index (χ4n) is 4.87. The van der Waals surface area contributed by atoms with E-state index < -0.39 is 34.9 Å². The number of benzene rings is 3. The molecule has 1 aromatic heterocycles. The fourth-order valence-corrected chi connectivity index (χ4v) is 4.87. The zero-order chi connectivity index (χ0) is 29.6. The first-order valence-electron chi connectivity index (χ1n) is 12.5. The summed E-state index contributed by atoms with van der Waals surface area (Å²) in [6.45, 7) is 0.196. The van der Waals surface area contributed by atoms with Crippen molar-refractivity contribution in [1.82, 2.24) is 9.88 Å². The molecule has 12 heteroatoms. The van der Waals surface area contributed by atoms with E-state index in [2.05, 4.69) is 10.3 Å². The molecule has 0 saturated carbocycles. The summed E-state index contributed by atoms with van der Waals surface area (Å²) in [4.78, 5) is 18.6. The Balaban J connectivity index is 1.25. The minimum atomic E-state index is -4.85. The van der Waals surface area contributed by atoms with Crippen LogP contribution in [0, 0.1) is 5.82 Å². The van der Waals surface area contributed by atoms with Crippen LogP contribution in [0.15, 0.2) is 72.9 Å². The van der Waals surface area contributed by atoms with Gasteiger partial charge in [0.2, 0.25) is 0 Å². The van der Waals surface area contributed by atoms with Crippen LogP contribution in [0.1, 0.15) is 39.9 Å². The molecular formula is C29H22F7N3O2. The number of alkyl halides is 6. The summed E-state index contributed by atoms with van der Waals surface area (Å²) in [5.74, 6) is -1.80. The van der Waals surface area contributed by atoms with Crippen molar-refractivity contribution in [3.63, 3.8) is 0 Å². The van der Waals surface area contributed by atoms with E-state index >= 15 is 0 Å². The topological polar surface area (TPSA) is 65.5 Å². The van der Waals surface area contributed by atoms with Crippen molar-refractivity contribution < 1.29 is 40.6 Å². The smallest absolute Gasteiger partial charge is 0.385 e. The number of halogens is 7. The van der Waals surface area contributed by atoms with E-state index in [9.17, 15) is 40.6 Å². The maximum absolute atomic E-state index is 14.1. The minimum Gasteiger partial charge on any atom is -0.385 e. The molecule has 4 aromatic rings. The van der Waals surface area contributed by atoms with Crippen molar-refractivity contribution in [1.29, 1.82) is 0 Å². The number of hydrogen-bond donors (Lipinski definition) is 2. The highest BCUT2D eigenvalue weighted by Crippen LogP contribution is 2.38. The molecule has 0 spiro atoms. The van der Waals surface area contributed by atoms with Gasteiger partial charge < -0.3 is 15.3 Å². The minimum absolute atomic E-state index is 0.00829. The lowest BCUT2D eigenvalue weighted by Gasteiger charge is -2.38. The Hall–Kier alpha value is -4.19. The number of hydrogen-bond acceptors (Lipinski definition) is 4. The predicted molar refractivity (Wildman–Crippen MR) is 137 cm³/mol. The van der Waals surface area contributed by atoms with Crippen molar-refractivity contribution in [2.24, 2.45) is 0 Å². The molecule has 1 amide bonds. The van der Waals surface area contributed by atoms with Gasteiger partial charge in [0.15, 0.2) is 0 Å². The summed E-state index contributed by atoms with van der Waals surface area (Å²) >= 11 is 0. The van der Waals surface area contributed by atoms with Crippen LogP contribution in [0.2, 0.25) is 0 Å². The molecule has 3 aromatic carbocycles. The van der Waals surface area contributed by atoms with E-state index in [4.69, 9.17) is 0 Å². The molecule has 0 bridgehead atoms. The van der Waals surface area contributed by atoms with E-state index in [0.717, 1.165) is 18.2 Å². The second-order valence-electron chi connectivity index (χ2n) is 9.81. The molecule has 0 radical (unpaired) electrons. The molecule has 0 atom stereocenters. The number of carbonyl (C=O) groups excluding carboxylic acids is 1. The van der Waals surface area contributed by atoms with Gasteiger partial charge in [-0.25, -0.2) is 4.39 Å². The van der Waals surface area contributed by atoms with Crippen LogP contribution in [0.3, 0.4) is 0 Å². The maximum atomic E-state index is 14.1. The first-order chi connectivity index (χ1) is 19.2. The third-order valence-corrected chi connectivity index (χ3v) is 7.17. The molecule has 0 aliphatic carbocycles. The molecule has 1 saturated heterocycles. The van der Waals surface area contributed by atoms with Gasteiger partial charge in [0.1, 0.15) is 5.82 Å². The van der Waals surface area contributed by atoms with Crippen LogP contribution in [0.4, 0.5) is 42.1 Å². The number of rotatable bonds is 4. The van der Waals surface area contributed by atoms with Gasteiger partial charge in [-0.15, -0.1) is 0 Å². The normalized spacial score (nSPS) is 15.7. The largest absolute Gasteiger partial charge is 0.419 e. The monoisotopic (exact) mass is 577 g/mol. The molecule has 5 rings (SSSR count). The van der Waals surface area contributed by atoms with Crippen molar-refractivity contribution >= 4 is 28.2 Å². The SMILES string of the molecule is O=C(c1ccc(Nc2ccnc3cc(C(F)(F)F)ccc23)cc1)N1CCC(O)(c2ccc(C(F)(F)F)c(F)c2)CC1. The molecule has 2 heterocycles. The van der Waals surface area contributed by atoms with Crippen LogP contribution < -0.4 is 5.32 Å². The summed E-state index contributed by atoms with van der Waals surface area (Å²) in [5, 5.41) is 14.6. The summed E-state index contributed by atoms with van der Waals surface area (Å²) < 4.78 is 91.8. The number of fused-ring (bicyclic) bond motifs is 1. The Morgan fingerprint density at radius 3 is 2.17 bits per heavy atom. The van der Waals surface area contributed by atoms with Crippen molar-refractivity contribution in [2.75, 3.05) is 18.4 Å². The standard InChI is InChI=1S/C29H22F7N3O2/c30-23-15-18(4-8-22(23)29(34,35)36)27(41)10-13-39(14-11-27)26(40)17-1-5-20(6-2-17)38-24-9-12-37-25-16-19(28(31,32)33)3-7-21(24)25/h1-9,12,15-16,41H,10-11,13-14H2,(H,37,38). The third kappa shape index (κ3) is 5.83. The lowest BCUT2D eigenvalue weighted by molar-refractivity contribution is -0.140. The first-order valence-corrected chi connectivity index (χ1v) is 12.5. The molecule has 2 N–H and O–H groups in total. The molecule has 214 valence electrons. The van der Waals surface area contributed by atoms with Crippen molar-refractivity contribution in [3.05, 3.63) is 101 Å². The second-order valence-corrected chi connectivity index (χ2v) is 9.81. The number of aliphatic hydroxyl groups is 1. The Labute approximate surface area is 229 Å². The molecule has 41 heavy (non-hydrogen) atoms. The highest BCUT2D eigenvalue weighted by atomic mass is 19.4. The quantitative estimate of drug-likeness (QED) is 0.250. The van der Waals surface area contributed by atoms with E-state index in [0.29, 0.717) is 34.5 Å². The van der Waals surface area contributed by atoms with Gasteiger partial charge >= 0.3 is 12.4 Å². The number of amides is 1. The Morgan fingerprint density at radius 1 is 0.878 bits per heavy atom. The van der Waals surface area contributed by atoms with E-state index in [1.165, 1.54) is 17.2 Å². The van der Waals surface area contributed by atoms with Crippen LogP contribution in [0.5, 0.6) is 0 Å². The number of nitrogens with zero attached hydrogens (tertiary/aromatic N) is 2. The fraction of sp³-hybridized carbons (Fsp3) is 0.241. The zero-order valence-corrected chi connectivity index (χ0v) is 21.2. The van der Waals surface area contributed by atoms with Crippen LogP contribution in [-0.2, 0) is 18.0 Å². The summed E-state index contributed by atoms with van der Waals surface area (Å²) in [6.07, 6.45) is -7.93. The van der Waals surface area contributed by atoms with Crippen molar-refractivity contribution in [2.45, 2.75) is 30.8 Å². The Bertz CT molecular complexity index is 1590. The zero-order valence-electron chi connectivity index (χ0n) is 21.2. The first kappa shape index (κ1) is 28.3. The number of aromatic nitrogens is 1. The number of anilines is 2. The van der Waals surface area contributed by atoms with E-state index in [1.54, 1.807) is 30.3 Å². The average molecular weight is 578 g/mol. The maximum Gasteiger partial charge on any atom is 0.419 e. The van der Waals surface area contributed by atoms with Gasteiger partial charge in [0, 0.05) is 41.6 Å². The summed E-state index contributed by atoms with van der Waals surface area (Å²) in [5.41, 5.74) is -2.17. The lowest BCUT2D eigenvalue weighted by atomic mass is 9.84. The molecule has 1 aliphatic heterocycles. The highest BCUT2D eigenvalue weighted by molar-refractivity contribution is 5.96. The van der Waals surface area contributed by atoms with Crippen LogP contribution in [-0.4, -0.2) is 34.0 Å². The number of carbonyl (C=O) groups is 1. The molecule has 1 fully saturated rings. The lowest BCUT2D eigenvalue weighted by Crippen LogP contribution is -2.45. The van der Waals surface area contributed by atoms with Gasteiger partial charge in [-0.2, -0.15) is 26.3 Å².